The van der Waals surface area contributed by atoms with Gasteiger partial charge in [-0.25, -0.2) is 13.8 Å². The first-order chi connectivity index (χ1) is 9.72. The van der Waals surface area contributed by atoms with E-state index in [-0.39, 0.29) is 0 Å². The number of H-pyrrole nitrogens is 1. The van der Waals surface area contributed by atoms with Gasteiger partial charge in [0, 0.05) is 23.9 Å². The highest BCUT2D eigenvalue weighted by Gasteiger charge is 2.13. The molecule has 108 valence electrons. The van der Waals surface area contributed by atoms with Gasteiger partial charge in [-0.2, -0.15) is 0 Å². The molecule has 0 spiro atoms. The molecule has 2 heterocycles. The Kier molecular flexibility index (Phi) is 4.21. The fraction of sp³-hybridized carbons (Fsp3) is 0.500. The van der Waals surface area contributed by atoms with Crippen molar-refractivity contribution in [2.45, 2.75) is 36.9 Å². The number of nitrogens with one attached hydrogen (secondary N) is 2. The summed E-state index contributed by atoms with van der Waals surface area (Å²) in [4.78, 5) is 7.30. The van der Waals surface area contributed by atoms with E-state index in [9.17, 15) is 8.78 Å². The van der Waals surface area contributed by atoms with E-state index in [1.807, 2.05) is 0 Å². The van der Waals surface area contributed by atoms with Crippen molar-refractivity contribution >= 4 is 22.8 Å². The molecule has 3 nitrogen and oxygen atoms in total. The van der Waals surface area contributed by atoms with Crippen LogP contribution in [0.5, 0.6) is 0 Å². The van der Waals surface area contributed by atoms with E-state index in [4.69, 9.17) is 0 Å². The summed E-state index contributed by atoms with van der Waals surface area (Å²) in [6.45, 7) is 1.11. The van der Waals surface area contributed by atoms with Crippen molar-refractivity contribution in [2.75, 3.05) is 12.3 Å². The second kappa shape index (κ2) is 6.10. The zero-order valence-electron chi connectivity index (χ0n) is 11.1. The van der Waals surface area contributed by atoms with Crippen molar-refractivity contribution < 1.29 is 8.78 Å². The van der Waals surface area contributed by atoms with Gasteiger partial charge in [0.05, 0.1) is 11.0 Å². The molecule has 1 unspecified atom stereocenters. The van der Waals surface area contributed by atoms with Gasteiger partial charge in [0.25, 0.3) is 0 Å². The summed E-state index contributed by atoms with van der Waals surface area (Å²) >= 11 is 1.60. The van der Waals surface area contributed by atoms with Crippen LogP contribution in [0.15, 0.2) is 17.3 Å². The third-order valence-electron chi connectivity index (χ3n) is 3.62. The van der Waals surface area contributed by atoms with Gasteiger partial charge in [-0.3, -0.25) is 0 Å². The average molecular weight is 297 g/mol. The van der Waals surface area contributed by atoms with Crippen LogP contribution in [0.2, 0.25) is 0 Å². The van der Waals surface area contributed by atoms with Gasteiger partial charge in [0.2, 0.25) is 0 Å². The molecule has 20 heavy (non-hydrogen) atoms. The molecule has 1 fully saturated rings. The number of piperidine rings is 1. The van der Waals surface area contributed by atoms with Gasteiger partial charge in [0.15, 0.2) is 16.8 Å². The molecule has 0 bridgehead atoms. The average Bonchev–Trinajstić information content (AvgIpc) is 2.82. The van der Waals surface area contributed by atoms with E-state index in [2.05, 4.69) is 15.3 Å². The topological polar surface area (TPSA) is 40.7 Å². The third kappa shape index (κ3) is 3.12. The summed E-state index contributed by atoms with van der Waals surface area (Å²) in [5.41, 5.74) is 1.02. The van der Waals surface area contributed by atoms with Gasteiger partial charge in [-0.15, -0.1) is 0 Å². The molecule has 1 aromatic heterocycles. The molecule has 1 saturated heterocycles. The molecule has 0 amide bonds. The smallest absolute Gasteiger partial charge is 0.166 e. The van der Waals surface area contributed by atoms with E-state index in [0.29, 0.717) is 17.1 Å². The van der Waals surface area contributed by atoms with Crippen molar-refractivity contribution in [2.24, 2.45) is 0 Å². The minimum Gasteiger partial charge on any atom is -0.333 e. The fourth-order valence-corrected chi connectivity index (χ4v) is 3.46. The number of aromatic nitrogens is 2. The van der Waals surface area contributed by atoms with Gasteiger partial charge in [0.1, 0.15) is 0 Å². The highest BCUT2D eigenvalue weighted by atomic mass is 32.2. The molecule has 1 aromatic carbocycles. The molecule has 1 aliphatic rings. The van der Waals surface area contributed by atoms with Crippen molar-refractivity contribution in [1.82, 2.24) is 15.3 Å². The Labute approximate surface area is 120 Å². The van der Waals surface area contributed by atoms with Crippen LogP contribution < -0.4 is 5.32 Å². The van der Waals surface area contributed by atoms with Crippen LogP contribution in [-0.4, -0.2) is 28.3 Å². The van der Waals surface area contributed by atoms with Gasteiger partial charge in [-0.1, -0.05) is 18.2 Å². The van der Waals surface area contributed by atoms with Crippen LogP contribution in [0.25, 0.3) is 11.0 Å². The Morgan fingerprint density at radius 2 is 2.10 bits per heavy atom. The molecule has 3 rings (SSSR count). The van der Waals surface area contributed by atoms with Crippen molar-refractivity contribution in [3.05, 3.63) is 23.8 Å². The molecule has 1 aliphatic heterocycles. The largest absolute Gasteiger partial charge is 0.333 e. The van der Waals surface area contributed by atoms with Gasteiger partial charge >= 0.3 is 0 Å². The number of halogens is 2. The number of hydrogen-bond donors (Lipinski definition) is 2. The molecule has 2 aromatic rings. The SMILES string of the molecule is Fc1cc2nc(SCCC3CCCCN3)[nH]c2cc1F. The fourth-order valence-electron chi connectivity index (χ4n) is 2.52. The molecule has 0 aliphatic carbocycles. The lowest BCUT2D eigenvalue weighted by Crippen LogP contribution is -2.34. The summed E-state index contributed by atoms with van der Waals surface area (Å²) < 4.78 is 26.2. The number of imidazole rings is 1. The van der Waals surface area contributed by atoms with Crippen molar-refractivity contribution in [1.29, 1.82) is 0 Å². The standard InChI is InChI=1S/C14H17F2N3S/c15-10-7-12-13(8-11(10)16)19-14(18-12)20-6-4-9-3-1-2-5-17-9/h7-9,17H,1-6H2,(H,18,19). The second-order valence-corrected chi connectivity index (χ2v) is 6.19. The van der Waals surface area contributed by atoms with E-state index < -0.39 is 11.6 Å². The van der Waals surface area contributed by atoms with E-state index >= 15 is 0 Å². The van der Waals surface area contributed by atoms with Crippen molar-refractivity contribution in [3.8, 4) is 0 Å². The second-order valence-electron chi connectivity index (χ2n) is 5.11. The van der Waals surface area contributed by atoms with Crippen LogP contribution >= 0.6 is 11.8 Å². The lowest BCUT2D eigenvalue weighted by atomic mass is 10.0. The summed E-state index contributed by atoms with van der Waals surface area (Å²) in [5.74, 6) is -0.751. The summed E-state index contributed by atoms with van der Waals surface area (Å²) in [5, 5.41) is 4.23. The zero-order valence-corrected chi connectivity index (χ0v) is 11.9. The lowest BCUT2D eigenvalue weighted by Gasteiger charge is -2.22. The first kappa shape index (κ1) is 13.8. The molecule has 0 radical (unpaired) electrons. The predicted octanol–water partition coefficient (Wildman–Crippen LogP) is 3.47. The van der Waals surface area contributed by atoms with E-state index in [0.717, 1.165) is 36.0 Å². The van der Waals surface area contributed by atoms with Crippen LogP contribution in [0.3, 0.4) is 0 Å². The number of benzene rings is 1. The Morgan fingerprint density at radius 1 is 1.25 bits per heavy atom. The summed E-state index contributed by atoms with van der Waals surface area (Å²) in [7, 11) is 0. The highest BCUT2D eigenvalue weighted by molar-refractivity contribution is 7.99. The molecule has 2 N–H and O–H groups in total. The van der Waals surface area contributed by atoms with Crippen LogP contribution in [-0.2, 0) is 0 Å². The maximum Gasteiger partial charge on any atom is 0.166 e. The van der Waals surface area contributed by atoms with E-state index in [1.165, 1.54) is 19.3 Å². The Hall–Kier alpha value is -1.14. The summed E-state index contributed by atoms with van der Waals surface area (Å²) in [6.07, 6.45) is 4.89. The monoisotopic (exact) mass is 297 g/mol. The molecular formula is C14H17F2N3S. The minimum absolute atomic E-state index is 0.474. The maximum absolute atomic E-state index is 13.1. The number of thioether (sulfide) groups is 1. The number of hydrogen-bond acceptors (Lipinski definition) is 3. The predicted molar refractivity (Wildman–Crippen MR) is 77.0 cm³/mol. The molecule has 0 saturated carbocycles. The Bertz CT molecular complexity index is 554. The van der Waals surface area contributed by atoms with Crippen LogP contribution in [0.1, 0.15) is 25.7 Å². The maximum atomic E-state index is 13.1. The molecule has 6 heteroatoms. The summed E-state index contributed by atoms with van der Waals surface area (Å²) in [6, 6.07) is 2.88. The quantitative estimate of drug-likeness (QED) is 0.849. The van der Waals surface area contributed by atoms with Crippen LogP contribution in [0.4, 0.5) is 8.78 Å². The van der Waals surface area contributed by atoms with Gasteiger partial charge < -0.3 is 10.3 Å². The normalized spacial score (nSPS) is 19.6. The molecular weight excluding hydrogens is 280 g/mol. The zero-order chi connectivity index (χ0) is 13.9. The third-order valence-corrected chi connectivity index (χ3v) is 4.53. The van der Waals surface area contributed by atoms with E-state index in [1.54, 1.807) is 11.8 Å². The first-order valence-electron chi connectivity index (χ1n) is 6.93. The lowest BCUT2D eigenvalue weighted by molar-refractivity contribution is 0.394. The first-order valence-corrected chi connectivity index (χ1v) is 7.92. The number of aromatic amines is 1. The Balaban J connectivity index is 1.60. The van der Waals surface area contributed by atoms with Crippen molar-refractivity contribution in [3.63, 3.8) is 0 Å². The Morgan fingerprint density at radius 3 is 2.90 bits per heavy atom. The number of rotatable bonds is 4. The minimum atomic E-state index is -0.855. The van der Waals surface area contributed by atoms with Crippen LogP contribution in [0, 0.1) is 11.6 Å². The highest BCUT2D eigenvalue weighted by Crippen LogP contribution is 2.23. The number of fused-ring (bicyclic) bond motifs is 1. The molecule has 1 atom stereocenters. The number of nitrogens with zero attached hydrogens (tertiary/aromatic N) is 1. The van der Waals surface area contributed by atoms with Gasteiger partial charge in [-0.05, 0) is 25.8 Å².